The van der Waals surface area contributed by atoms with E-state index in [0.29, 0.717) is 16.9 Å². The van der Waals surface area contributed by atoms with E-state index in [0.717, 1.165) is 5.56 Å². The molecule has 1 aromatic carbocycles. The van der Waals surface area contributed by atoms with Gasteiger partial charge >= 0.3 is 0 Å². The number of carbonyl (C=O) groups excluding carboxylic acids is 1. The first-order valence-electron chi connectivity index (χ1n) is 5.91. The van der Waals surface area contributed by atoms with Crippen LogP contribution in [0.2, 0.25) is 0 Å². The van der Waals surface area contributed by atoms with Crippen molar-refractivity contribution in [3.05, 3.63) is 47.6 Å². The summed E-state index contributed by atoms with van der Waals surface area (Å²) in [4.78, 5) is 12.2. The van der Waals surface area contributed by atoms with Gasteiger partial charge in [0.05, 0.1) is 0 Å². The van der Waals surface area contributed by atoms with Crippen LogP contribution in [0.3, 0.4) is 0 Å². The van der Waals surface area contributed by atoms with Crippen LogP contribution in [0.5, 0.6) is 11.5 Å². The first-order chi connectivity index (χ1) is 8.88. The molecule has 0 aliphatic carbocycles. The lowest BCUT2D eigenvalue weighted by molar-refractivity contribution is 0.0348. The predicted molar refractivity (Wildman–Crippen MR) is 71.7 cm³/mol. The van der Waals surface area contributed by atoms with E-state index in [2.05, 4.69) is 13.2 Å². The van der Waals surface area contributed by atoms with Crippen molar-refractivity contribution in [1.82, 2.24) is 0 Å². The number of phenolic OH excluding ortho intramolecular Hbond substituents is 1. The van der Waals surface area contributed by atoms with Gasteiger partial charge in [-0.2, -0.15) is 0 Å². The Balaban J connectivity index is 2.62. The maximum Gasteiger partial charge on any atom is 0.202 e. The average Bonchev–Trinajstić information content (AvgIpc) is 2.38. The van der Waals surface area contributed by atoms with Crippen LogP contribution in [0.1, 0.15) is 21.5 Å². The van der Waals surface area contributed by atoms with Crippen LogP contribution in [0.4, 0.5) is 0 Å². The fraction of sp³-hybridized carbons (Fsp3) is 0.267. The molecule has 0 saturated heterocycles. The molecule has 2 rings (SSSR count). The molecule has 0 aromatic heterocycles. The summed E-state index contributed by atoms with van der Waals surface area (Å²) in [5, 5.41) is 20.0. The molecule has 1 unspecified atom stereocenters. The van der Waals surface area contributed by atoms with Gasteiger partial charge < -0.3 is 14.9 Å². The minimum absolute atomic E-state index is 0.0399. The lowest BCUT2D eigenvalue weighted by Gasteiger charge is -2.31. The van der Waals surface area contributed by atoms with Crippen molar-refractivity contribution in [1.29, 1.82) is 0 Å². The highest BCUT2D eigenvalue weighted by atomic mass is 16.5. The van der Waals surface area contributed by atoms with Crippen molar-refractivity contribution in [2.45, 2.75) is 26.1 Å². The van der Waals surface area contributed by atoms with Crippen LogP contribution in [0, 0.1) is 13.8 Å². The molecular weight excluding hydrogens is 244 g/mol. The van der Waals surface area contributed by atoms with Gasteiger partial charge in [0.2, 0.25) is 5.78 Å². The number of rotatable bonds is 2. The van der Waals surface area contributed by atoms with Gasteiger partial charge in [-0.25, -0.2) is 0 Å². The summed E-state index contributed by atoms with van der Waals surface area (Å²) < 4.78 is 5.63. The van der Waals surface area contributed by atoms with Crippen LogP contribution < -0.4 is 4.74 Å². The van der Waals surface area contributed by atoms with Crippen molar-refractivity contribution in [2.75, 3.05) is 0 Å². The maximum absolute atomic E-state index is 12.2. The number of aromatic hydroxyl groups is 1. The number of hydrogen-bond acceptors (Lipinski definition) is 4. The second-order valence-corrected chi connectivity index (χ2v) is 4.69. The number of fused-ring (bicyclic) bond motifs is 1. The Hall–Kier alpha value is -2.07. The second kappa shape index (κ2) is 4.55. The molecule has 0 bridgehead atoms. The maximum atomic E-state index is 12.2. The van der Waals surface area contributed by atoms with E-state index in [1.165, 1.54) is 6.08 Å². The molecule has 0 spiro atoms. The summed E-state index contributed by atoms with van der Waals surface area (Å²) in [7, 11) is 0. The third kappa shape index (κ3) is 1.94. The lowest BCUT2D eigenvalue weighted by atomic mass is 9.90. The normalized spacial score (nSPS) is 21.5. The van der Waals surface area contributed by atoms with Crippen molar-refractivity contribution in [3.63, 3.8) is 0 Å². The smallest absolute Gasteiger partial charge is 0.202 e. The lowest BCUT2D eigenvalue weighted by Crippen LogP contribution is -2.43. The standard InChI is InChI=1S/C15H16O4/c1-5-7(2)15-13(18)12(17)10-11(16)8(3)6-9(4)14(10)19-15/h5-6,13,15-16,18H,1-2H2,3-4H3/t13?,15-/m1/s1. The molecule has 0 radical (unpaired) electrons. The number of hydrogen-bond donors (Lipinski definition) is 2. The number of Topliss-reactive ketones (excluding diaryl/α,β-unsaturated/α-hetero) is 1. The van der Waals surface area contributed by atoms with Crippen molar-refractivity contribution in [2.24, 2.45) is 0 Å². The van der Waals surface area contributed by atoms with Crippen molar-refractivity contribution < 1.29 is 19.7 Å². The van der Waals surface area contributed by atoms with Gasteiger partial charge in [0.25, 0.3) is 0 Å². The molecule has 4 heteroatoms. The zero-order valence-electron chi connectivity index (χ0n) is 10.9. The van der Waals surface area contributed by atoms with Crippen molar-refractivity contribution >= 4 is 5.78 Å². The minimum atomic E-state index is -1.38. The Kier molecular flexibility index (Phi) is 3.20. The summed E-state index contributed by atoms with van der Waals surface area (Å²) in [5.41, 5.74) is 1.76. The number of aryl methyl sites for hydroxylation is 2. The van der Waals surface area contributed by atoms with E-state index in [4.69, 9.17) is 4.74 Å². The summed E-state index contributed by atoms with van der Waals surface area (Å²) >= 11 is 0. The van der Waals surface area contributed by atoms with Crippen LogP contribution >= 0.6 is 0 Å². The first-order valence-corrected chi connectivity index (χ1v) is 5.91. The molecule has 0 fully saturated rings. The van der Waals surface area contributed by atoms with E-state index in [1.54, 1.807) is 19.9 Å². The molecule has 1 aromatic rings. The molecule has 2 N–H and O–H groups in total. The molecular formula is C15H16O4. The summed E-state index contributed by atoms with van der Waals surface area (Å²) in [6.07, 6.45) is -0.807. The van der Waals surface area contributed by atoms with Gasteiger partial charge in [0.1, 0.15) is 17.1 Å². The Morgan fingerprint density at radius 3 is 2.63 bits per heavy atom. The Morgan fingerprint density at radius 2 is 2.05 bits per heavy atom. The zero-order valence-corrected chi connectivity index (χ0v) is 10.9. The van der Waals surface area contributed by atoms with Crippen LogP contribution in [-0.4, -0.2) is 28.2 Å². The number of aliphatic hydroxyl groups is 1. The highest BCUT2D eigenvalue weighted by molar-refractivity contribution is 6.06. The molecule has 100 valence electrons. The summed E-state index contributed by atoms with van der Waals surface area (Å²) in [5.74, 6) is -0.405. The highest BCUT2D eigenvalue weighted by Crippen LogP contribution is 2.40. The van der Waals surface area contributed by atoms with Gasteiger partial charge in [-0.1, -0.05) is 19.2 Å². The minimum Gasteiger partial charge on any atom is -0.507 e. The monoisotopic (exact) mass is 260 g/mol. The topological polar surface area (TPSA) is 66.8 Å². The molecule has 1 heterocycles. The Morgan fingerprint density at radius 1 is 1.42 bits per heavy atom. The SMILES string of the molecule is C=CC(=C)[C@H]1Oc2c(C)cc(C)c(O)c2C(=O)C1O. The molecule has 19 heavy (non-hydrogen) atoms. The van der Waals surface area contributed by atoms with Gasteiger partial charge in [-0.15, -0.1) is 0 Å². The Labute approximate surface area is 111 Å². The van der Waals surface area contributed by atoms with Crippen LogP contribution in [0.25, 0.3) is 0 Å². The van der Waals surface area contributed by atoms with Gasteiger partial charge in [-0.05, 0) is 36.6 Å². The molecule has 2 atom stereocenters. The first kappa shape index (κ1) is 13.4. The zero-order chi connectivity index (χ0) is 14.3. The fourth-order valence-electron chi connectivity index (χ4n) is 2.21. The third-order valence-electron chi connectivity index (χ3n) is 3.30. The number of benzene rings is 1. The second-order valence-electron chi connectivity index (χ2n) is 4.69. The number of ether oxygens (including phenoxy) is 1. The van der Waals surface area contributed by atoms with Gasteiger partial charge in [0.15, 0.2) is 12.2 Å². The van der Waals surface area contributed by atoms with Crippen LogP contribution in [-0.2, 0) is 0 Å². The number of ketones is 1. The predicted octanol–water partition coefficient (Wildman–Crippen LogP) is 2.06. The van der Waals surface area contributed by atoms with Gasteiger partial charge in [-0.3, -0.25) is 4.79 Å². The summed E-state index contributed by atoms with van der Waals surface area (Å²) in [6, 6.07) is 1.73. The quantitative estimate of drug-likeness (QED) is 0.799. The molecule has 0 saturated carbocycles. The van der Waals surface area contributed by atoms with E-state index >= 15 is 0 Å². The number of carbonyl (C=O) groups is 1. The van der Waals surface area contributed by atoms with E-state index in [1.807, 2.05) is 0 Å². The molecule has 1 aliphatic rings. The third-order valence-corrected chi connectivity index (χ3v) is 3.30. The van der Waals surface area contributed by atoms with E-state index in [9.17, 15) is 15.0 Å². The van der Waals surface area contributed by atoms with Crippen LogP contribution in [0.15, 0.2) is 30.9 Å². The number of aliphatic hydroxyl groups excluding tert-OH is 1. The molecule has 1 aliphatic heterocycles. The fourth-order valence-corrected chi connectivity index (χ4v) is 2.21. The Bertz CT molecular complexity index is 586. The largest absolute Gasteiger partial charge is 0.507 e. The van der Waals surface area contributed by atoms with E-state index < -0.39 is 18.0 Å². The average molecular weight is 260 g/mol. The molecule has 0 amide bonds. The molecule has 4 nitrogen and oxygen atoms in total. The van der Waals surface area contributed by atoms with Crippen molar-refractivity contribution in [3.8, 4) is 11.5 Å². The number of phenols is 1. The van der Waals surface area contributed by atoms with E-state index in [-0.39, 0.29) is 11.3 Å². The van der Waals surface area contributed by atoms with Gasteiger partial charge in [0, 0.05) is 0 Å². The highest BCUT2D eigenvalue weighted by Gasteiger charge is 2.39. The summed E-state index contributed by atoms with van der Waals surface area (Å²) in [6.45, 7) is 10.7.